The molecule has 1 aromatic rings. The zero-order valence-electron chi connectivity index (χ0n) is 8.98. The van der Waals surface area contributed by atoms with Crippen molar-refractivity contribution < 1.29 is 13.2 Å². The quantitative estimate of drug-likeness (QED) is 0.812. The van der Waals surface area contributed by atoms with E-state index in [2.05, 4.69) is 4.98 Å². The van der Waals surface area contributed by atoms with Crippen LogP contribution in [0, 0.1) is 11.8 Å². The van der Waals surface area contributed by atoms with Gasteiger partial charge in [0.2, 0.25) is 0 Å². The first-order valence-electron chi connectivity index (χ1n) is 5.51. The topological polar surface area (TPSA) is 42.1 Å². The van der Waals surface area contributed by atoms with Crippen molar-refractivity contribution in [3.63, 3.8) is 0 Å². The highest BCUT2D eigenvalue weighted by Crippen LogP contribution is 2.46. The number of fused-ring (bicyclic) bond motifs is 1. The van der Waals surface area contributed by atoms with Gasteiger partial charge in [0.05, 0.1) is 5.56 Å². The van der Waals surface area contributed by atoms with E-state index in [1.165, 1.54) is 12.3 Å². The summed E-state index contributed by atoms with van der Waals surface area (Å²) < 4.78 is 38.4. The number of nitrogens with zero attached hydrogens (tertiary/aromatic N) is 2. The minimum absolute atomic E-state index is 0.0411. The Labute approximate surface area is 96.4 Å². The van der Waals surface area contributed by atoms with Gasteiger partial charge in [-0.3, -0.25) is 0 Å². The van der Waals surface area contributed by atoms with E-state index in [4.69, 9.17) is 5.73 Å². The van der Waals surface area contributed by atoms with Crippen LogP contribution in [0.25, 0.3) is 0 Å². The molecule has 2 unspecified atom stereocenters. The Bertz CT molecular complexity index is 434. The van der Waals surface area contributed by atoms with Gasteiger partial charge in [0.25, 0.3) is 0 Å². The first kappa shape index (κ1) is 10.8. The molecule has 2 atom stereocenters. The Morgan fingerprint density at radius 1 is 1.29 bits per heavy atom. The van der Waals surface area contributed by atoms with E-state index in [0.717, 1.165) is 6.07 Å². The molecule has 0 amide bonds. The van der Waals surface area contributed by atoms with E-state index in [-0.39, 0.29) is 11.9 Å². The monoisotopic (exact) mass is 243 g/mol. The molecular formula is C11H12F3N3. The van der Waals surface area contributed by atoms with Crippen molar-refractivity contribution in [2.24, 2.45) is 17.6 Å². The summed E-state index contributed by atoms with van der Waals surface area (Å²) >= 11 is 0. The van der Waals surface area contributed by atoms with Crippen molar-refractivity contribution in [2.75, 3.05) is 18.0 Å². The zero-order valence-corrected chi connectivity index (χ0v) is 8.98. The van der Waals surface area contributed by atoms with E-state index in [9.17, 15) is 13.2 Å². The third-order valence-corrected chi connectivity index (χ3v) is 3.65. The molecule has 17 heavy (non-hydrogen) atoms. The number of anilines is 1. The van der Waals surface area contributed by atoms with Crippen LogP contribution in [0.5, 0.6) is 0 Å². The molecule has 2 heterocycles. The van der Waals surface area contributed by atoms with Gasteiger partial charge >= 0.3 is 6.18 Å². The maximum atomic E-state index is 12.8. The average molecular weight is 243 g/mol. The van der Waals surface area contributed by atoms with Crippen LogP contribution in [0.1, 0.15) is 5.56 Å². The Morgan fingerprint density at radius 2 is 1.94 bits per heavy atom. The molecule has 1 saturated heterocycles. The van der Waals surface area contributed by atoms with Crippen LogP contribution in [-0.4, -0.2) is 24.1 Å². The van der Waals surface area contributed by atoms with Gasteiger partial charge in [-0.15, -0.1) is 0 Å². The lowest BCUT2D eigenvalue weighted by atomic mass is 10.2. The van der Waals surface area contributed by atoms with Gasteiger partial charge in [-0.05, 0) is 24.0 Å². The number of pyridine rings is 1. The van der Waals surface area contributed by atoms with Gasteiger partial charge in [-0.1, -0.05) is 0 Å². The zero-order chi connectivity index (χ0) is 12.2. The third kappa shape index (κ3) is 1.67. The standard InChI is InChI=1S/C11H12F3N3/c12-11(13,14)8-2-1-3-16-10(8)17-4-6-7(5-17)9(6)15/h1-3,6-7,9H,4-5,15H2. The van der Waals surface area contributed by atoms with Gasteiger partial charge < -0.3 is 10.6 Å². The number of hydrogen-bond acceptors (Lipinski definition) is 3. The second-order valence-electron chi connectivity index (χ2n) is 4.68. The van der Waals surface area contributed by atoms with Gasteiger partial charge in [0, 0.05) is 25.3 Å². The molecule has 3 rings (SSSR count). The molecule has 1 aliphatic carbocycles. The second kappa shape index (κ2) is 3.35. The average Bonchev–Trinajstić information content (AvgIpc) is 2.75. The number of piperidine rings is 1. The number of hydrogen-bond donors (Lipinski definition) is 1. The van der Waals surface area contributed by atoms with Gasteiger partial charge in [-0.2, -0.15) is 13.2 Å². The van der Waals surface area contributed by atoms with Crippen LogP contribution in [0.4, 0.5) is 19.0 Å². The molecule has 2 N–H and O–H groups in total. The van der Waals surface area contributed by atoms with E-state index in [1.807, 2.05) is 0 Å². The summed E-state index contributed by atoms with van der Waals surface area (Å²) in [7, 11) is 0. The fourth-order valence-electron chi connectivity index (χ4n) is 2.62. The summed E-state index contributed by atoms with van der Waals surface area (Å²) in [4.78, 5) is 5.57. The van der Waals surface area contributed by atoms with Crippen LogP contribution < -0.4 is 10.6 Å². The van der Waals surface area contributed by atoms with Crippen molar-refractivity contribution in [3.05, 3.63) is 23.9 Å². The molecule has 0 radical (unpaired) electrons. The highest BCUT2D eigenvalue weighted by atomic mass is 19.4. The summed E-state index contributed by atoms with van der Waals surface area (Å²) in [5, 5.41) is 0. The van der Waals surface area contributed by atoms with Crippen LogP contribution in [0.2, 0.25) is 0 Å². The Morgan fingerprint density at radius 3 is 2.53 bits per heavy atom. The maximum Gasteiger partial charge on any atom is 0.419 e. The fraction of sp³-hybridized carbons (Fsp3) is 0.545. The van der Waals surface area contributed by atoms with Gasteiger partial charge in [0.15, 0.2) is 0 Å². The Balaban J connectivity index is 1.89. The molecule has 0 bridgehead atoms. The van der Waals surface area contributed by atoms with Crippen LogP contribution in [0.15, 0.2) is 18.3 Å². The SMILES string of the molecule is NC1C2CN(c3ncccc3C(F)(F)F)CC12. The molecule has 2 fully saturated rings. The molecule has 92 valence electrons. The molecule has 0 spiro atoms. The van der Waals surface area contributed by atoms with Crippen molar-refractivity contribution in [2.45, 2.75) is 12.2 Å². The first-order valence-corrected chi connectivity index (χ1v) is 5.51. The predicted octanol–water partition coefficient (Wildman–Crippen LogP) is 1.49. The Hall–Kier alpha value is -1.30. The first-order chi connectivity index (χ1) is 7.98. The lowest BCUT2D eigenvalue weighted by Crippen LogP contribution is -2.30. The van der Waals surface area contributed by atoms with Crippen molar-refractivity contribution in [1.29, 1.82) is 0 Å². The highest BCUT2D eigenvalue weighted by molar-refractivity contribution is 5.50. The van der Waals surface area contributed by atoms with Crippen LogP contribution >= 0.6 is 0 Å². The van der Waals surface area contributed by atoms with Crippen molar-refractivity contribution in [3.8, 4) is 0 Å². The molecule has 0 aromatic carbocycles. The lowest BCUT2D eigenvalue weighted by Gasteiger charge is -2.23. The summed E-state index contributed by atoms with van der Waals surface area (Å²) in [5.74, 6) is 0.732. The molecule has 1 aliphatic heterocycles. The van der Waals surface area contributed by atoms with E-state index in [1.54, 1.807) is 4.90 Å². The van der Waals surface area contributed by atoms with Crippen LogP contribution in [-0.2, 0) is 6.18 Å². The summed E-state index contributed by atoms with van der Waals surface area (Å²) in [5.41, 5.74) is 5.11. The van der Waals surface area contributed by atoms with Crippen molar-refractivity contribution in [1.82, 2.24) is 4.98 Å². The maximum absolute atomic E-state index is 12.8. The molecule has 1 saturated carbocycles. The number of alkyl halides is 3. The van der Waals surface area contributed by atoms with E-state index in [0.29, 0.717) is 24.9 Å². The smallest absolute Gasteiger partial charge is 0.355 e. The summed E-state index contributed by atoms with van der Waals surface area (Å²) in [6.07, 6.45) is -2.95. The normalized spacial score (nSPS) is 31.5. The van der Waals surface area contributed by atoms with E-state index >= 15 is 0 Å². The number of aromatic nitrogens is 1. The Kier molecular flexibility index (Phi) is 2.13. The van der Waals surface area contributed by atoms with Gasteiger partial charge in [-0.25, -0.2) is 4.98 Å². The number of rotatable bonds is 1. The minimum Gasteiger partial charge on any atom is -0.355 e. The molecule has 1 aromatic heterocycles. The second-order valence-corrected chi connectivity index (χ2v) is 4.68. The largest absolute Gasteiger partial charge is 0.419 e. The minimum atomic E-state index is -4.35. The fourth-order valence-corrected chi connectivity index (χ4v) is 2.62. The summed E-state index contributed by atoms with van der Waals surface area (Å²) in [6.45, 7) is 1.18. The molecular weight excluding hydrogens is 231 g/mol. The highest BCUT2D eigenvalue weighted by Gasteiger charge is 2.54. The molecule has 6 heteroatoms. The number of nitrogens with two attached hydrogens (primary N) is 1. The predicted molar refractivity (Wildman–Crippen MR) is 56.4 cm³/mol. The lowest BCUT2D eigenvalue weighted by molar-refractivity contribution is -0.137. The van der Waals surface area contributed by atoms with Gasteiger partial charge in [0.1, 0.15) is 5.82 Å². The molecule has 3 nitrogen and oxygen atoms in total. The molecule has 2 aliphatic rings. The van der Waals surface area contributed by atoms with E-state index < -0.39 is 11.7 Å². The summed E-state index contributed by atoms with van der Waals surface area (Å²) in [6, 6.07) is 2.56. The number of halogens is 3. The van der Waals surface area contributed by atoms with Crippen molar-refractivity contribution >= 4 is 5.82 Å². The third-order valence-electron chi connectivity index (χ3n) is 3.65. The van der Waals surface area contributed by atoms with Crippen LogP contribution in [0.3, 0.4) is 0 Å².